The Morgan fingerprint density at radius 1 is 1.17 bits per heavy atom. The molecule has 0 atom stereocenters. The molecule has 0 aliphatic heterocycles. The van der Waals surface area contributed by atoms with E-state index in [0.717, 1.165) is 20.6 Å². The predicted octanol–water partition coefficient (Wildman–Crippen LogP) is 4.47. The minimum atomic E-state index is 0.610. The van der Waals surface area contributed by atoms with Crippen molar-refractivity contribution in [3.8, 4) is 5.75 Å². The smallest absolute Gasteiger partial charge is 0.143 e. The molecule has 2 rings (SSSR count). The maximum atomic E-state index is 6.08. The van der Waals surface area contributed by atoms with E-state index in [4.69, 9.17) is 22.1 Å². The van der Waals surface area contributed by atoms with Crippen LogP contribution in [0.5, 0.6) is 5.75 Å². The number of rotatable bonds is 4. The molecule has 2 aromatic carbocycles. The average molecular weight is 280 g/mol. The summed E-state index contributed by atoms with van der Waals surface area (Å²) in [6.45, 7) is 2.55. The van der Waals surface area contributed by atoms with Gasteiger partial charge in [-0.1, -0.05) is 29.4 Å². The second-order valence-electron chi connectivity index (χ2n) is 3.66. The van der Waals surface area contributed by atoms with Gasteiger partial charge in [0.1, 0.15) is 5.75 Å². The average Bonchev–Trinajstić information content (AvgIpc) is 2.37. The Bertz CT molecular complexity index is 528. The Hall–Kier alpha value is -1.32. The highest BCUT2D eigenvalue weighted by Crippen LogP contribution is 2.37. The Balaban J connectivity index is 2.23. The Morgan fingerprint density at radius 2 is 1.89 bits per heavy atom. The molecule has 0 heterocycles. The molecule has 2 aromatic rings. The van der Waals surface area contributed by atoms with Crippen LogP contribution in [0.1, 0.15) is 6.92 Å². The van der Waals surface area contributed by atoms with E-state index in [-0.39, 0.29) is 0 Å². The van der Waals surface area contributed by atoms with E-state index in [9.17, 15) is 0 Å². The highest BCUT2D eigenvalue weighted by Gasteiger charge is 2.07. The second kappa shape index (κ2) is 6.03. The van der Waals surface area contributed by atoms with Crippen molar-refractivity contribution in [2.24, 2.45) is 0 Å². The van der Waals surface area contributed by atoms with Gasteiger partial charge >= 0.3 is 0 Å². The zero-order valence-electron chi connectivity index (χ0n) is 10.0. The van der Waals surface area contributed by atoms with Gasteiger partial charge < -0.3 is 10.5 Å². The topological polar surface area (TPSA) is 35.2 Å². The molecule has 0 spiro atoms. The summed E-state index contributed by atoms with van der Waals surface area (Å²) < 4.78 is 5.47. The molecule has 0 unspecified atom stereocenters. The predicted molar refractivity (Wildman–Crippen MR) is 77.6 cm³/mol. The third-order valence-corrected chi connectivity index (χ3v) is 3.70. The molecule has 0 saturated heterocycles. The highest BCUT2D eigenvalue weighted by atomic mass is 35.5. The van der Waals surface area contributed by atoms with Gasteiger partial charge in [0, 0.05) is 14.8 Å². The zero-order chi connectivity index (χ0) is 13.0. The van der Waals surface area contributed by atoms with Gasteiger partial charge in [-0.15, -0.1) is 0 Å². The molecule has 0 aromatic heterocycles. The first-order valence-electron chi connectivity index (χ1n) is 5.65. The number of nitrogens with two attached hydrogens (primary N) is 1. The first-order chi connectivity index (χ1) is 8.70. The van der Waals surface area contributed by atoms with Crippen LogP contribution in [-0.4, -0.2) is 6.61 Å². The van der Waals surface area contributed by atoms with Crippen LogP contribution in [0.3, 0.4) is 0 Å². The van der Waals surface area contributed by atoms with Crippen molar-refractivity contribution in [1.82, 2.24) is 0 Å². The van der Waals surface area contributed by atoms with Crippen LogP contribution in [-0.2, 0) is 0 Å². The summed E-state index contributed by atoms with van der Waals surface area (Å²) in [5, 5.41) is 0.732. The summed E-state index contributed by atoms with van der Waals surface area (Å²) in [4.78, 5) is 2.09. The normalized spacial score (nSPS) is 10.3. The zero-order valence-corrected chi connectivity index (χ0v) is 11.6. The van der Waals surface area contributed by atoms with Gasteiger partial charge in [0.15, 0.2) is 0 Å². The number of nitrogen functional groups attached to an aromatic ring is 1. The number of ether oxygens (including phenoxy) is 1. The lowest BCUT2D eigenvalue weighted by Gasteiger charge is -2.10. The fourth-order valence-electron chi connectivity index (χ4n) is 1.52. The third kappa shape index (κ3) is 3.12. The summed E-state index contributed by atoms with van der Waals surface area (Å²) in [7, 11) is 0. The molecule has 0 fully saturated rings. The molecule has 0 aliphatic rings. The number of hydrogen-bond donors (Lipinski definition) is 1. The monoisotopic (exact) mass is 279 g/mol. The van der Waals surface area contributed by atoms with E-state index in [2.05, 4.69) is 0 Å². The molecule has 0 amide bonds. The summed E-state index contributed by atoms with van der Waals surface area (Å²) >= 11 is 7.46. The van der Waals surface area contributed by atoms with Crippen LogP contribution in [0, 0.1) is 0 Å². The molecule has 2 N–H and O–H groups in total. The Labute approximate surface area is 116 Å². The maximum absolute atomic E-state index is 6.08. The van der Waals surface area contributed by atoms with Crippen LogP contribution in [0.25, 0.3) is 0 Å². The standard InChI is InChI=1S/C14H14ClNOS/c1-2-17-12-4-3-5-13(14(12)16)18-11-8-6-10(15)7-9-11/h3-9H,2,16H2,1H3. The fraction of sp³-hybridized carbons (Fsp3) is 0.143. The van der Waals surface area contributed by atoms with Crippen molar-refractivity contribution in [2.75, 3.05) is 12.3 Å². The summed E-state index contributed by atoms with van der Waals surface area (Å²) in [5.74, 6) is 0.733. The van der Waals surface area contributed by atoms with E-state index in [0.29, 0.717) is 12.3 Å². The van der Waals surface area contributed by atoms with Crippen LogP contribution < -0.4 is 10.5 Å². The SMILES string of the molecule is CCOc1cccc(Sc2ccc(Cl)cc2)c1N. The molecule has 0 bridgehead atoms. The largest absolute Gasteiger partial charge is 0.492 e. The van der Waals surface area contributed by atoms with E-state index < -0.39 is 0 Å². The van der Waals surface area contributed by atoms with E-state index in [1.165, 1.54) is 0 Å². The van der Waals surface area contributed by atoms with Crippen molar-refractivity contribution >= 4 is 29.1 Å². The van der Waals surface area contributed by atoms with Gasteiger partial charge in [-0.25, -0.2) is 0 Å². The first-order valence-corrected chi connectivity index (χ1v) is 6.85. The maximum Gasteiger partial charge on any atom is 0.143 e. The lowest BCUT2D eigenvalue weighted by molar-refractivity contribution is 0.341. The first kappa shape index (κ1) is 13.1. The van der Waals surface area contributed by atoms with Gasteiger partial charge in [-0.3, -0.25) is 0 Å². The van der Waals surface area contributed by atoms with Gasteiger partial charge in [-0.2, -0.15) is 0 Å². The van der Waals surface area contributed by atoms with Crippen molar-refractivity contribution < 1.29 is 4.74 Å². The van der Waals surface area contributed by atoms with Crippen LogP contribution in [0.15, 0.2) is 52.3 Å². The Kier molecular flexibility index (Phi) is 4.39. The molecule has 0 radical (unpaired) electrons. The number of hydrogen-bond acceptors (Lipinski definition) is 3. The van der Waals surface area contributed by atoms with E-state index >= 15 is 0 Å². The van der Waals surface area contributed by atoms with Crippen molar-refractivity contribution in [1.29, 1.82) is 0 Å². The van der Waals surface area contributed by atoms with Crippen LogP contribution in [0.2, 0.25) is 5.02 Å². The van der Waals surface area contributed by atoms with Crippen molar-refractivity contribution in [2.45, 2.75) is 16.7 Å². The molecule has 18 heavy (non-hydrogen) atoms. The van der Waals surface area contributed by atoms with Crippen molar-refractivity contribution in [3.63, 3.8) is 0 Å². The minimum absolute atomic E-state index is 0.610. The van der Waals surface area contributed by atoms with Crippen molar-refractivity contribution in [3.05, 3.63) is 47.5 Å². The summed E-state index contributed by atoms with van der Waals surface area (Å²) in [6.07, 6.45) is 0. The number of anilines is 1. The number of halogens is 1. The molecular formula is C14H14ClNOS. The number of para-hydroxylation sites is 1. The molecule has 0 saturated carbocycles. The van der Waals surface area contributed by atoms with Gasteiger partial charge in [-0.05, 0) is 43.3 Å². The molecule has 0 aliphatic carbocycles. The lowest BCUT2D eigenvalue weighted by Crippen LogP contribution is -1.97. The Morgan fingerprint density at radius 3 is 2.56 bits per heavy atom. The second-order valence-corrected chi connectivity index (χ2v) is 5.21. The third-order valence-electron chi connectivity index (χ3n) is 2.37. The van der Waals surface area contributed by atoms with Crippen LogP contribution >= 0.6 is 23.4 Å². The summed E-state index contributed by atoms with van der Waals surface area (Å²) in [5.41, 5.74) is 6.76. The fourth-order valence-corrected chi connectivity index (χ4v) is 2.53. The summed E-state index contributed by atoms with van der Waals surface area (Å²) in [6, 6.07) is 13.5. The number of benzene rings is 2. The highest BCUT2D eigenvalue weighted by molar-refractivity contribution is 7.99. The van der Waals surface area contributed by atoms with Gasteiger partial charge in [0.25, 0.3) is 0 Å². The molecular weight excluding hydrogens is 266 g/mol. The van der Waals surface area contributed by atoms with E-state index in [1.54, 1.807) is 11.8 Å². The molecule has 4 heteroatoms. The van der Waals surface area contributed by atoms with Crippen LogP contribution in [0.4, 0.5) is 5.69 Å². The molecule has 94 valence electrons. The van der Waals surface area contributed by atoms with Gasteiger partial charge in [0.2, 0.25) is 0 Å². The minimum Gasteiger partial charge on any atom is -0.492 e. The van der Waals surface area contributed by atoms with Gasteiger partial charge in [0.05, 0.1) is 12.3 Å². The lowest BCUT2D eigenvalue weighted by atomic mass is 10.3. The quantitative estimate of drug-likeness (QED) is 0.839. The van der Waals surface area contributed by atoms with E-state index in [1.807, 2.05) is 49.4 Å². The molecule has 2 nitrogen and oxygen atoms in total.